The van der Waals surface area contributed by atoms with Crippen LogP contribution in [0, 0.1) is 11.7 Å². The Morgan fingerprint density at radius 2 is 1.77 bits per heavy atom. The molecule has 0 saturated carbocycles. The highest BCUT2D eigenvalue weighted by atomic mass is 32.2. The topological polar surface area (TPSA) is 66.9 Å². The number of halogens is 1. The van der Waals surface area contributed by atoms with Crippen molar-refractivity contribution in [1.29, 1.82) is 0 Å². The average Bonchev–Trinajstić information content (AvgIpc) is 2.68. The average molecular weight is 384 g/mol. The van der Waals surface area contributed by atoms with Gasteiger partial charge in [0, 0.05) is 33.3 Å². The number of ether oxygens (including phenoxy) is 1. The number of nitrogens with zero attached hydrogens (tertiary/aromatic N) is 2. The van der Waals surface area contributed by atoms with Crippen LogP contribution in [0.5, 0.6) is 0 Å². The summed E-state index contributed by atoms with van der Waals surface area (Å²) in [6, 6.07) is 4.82. The molecule has 8 heteroatoms. The molecule has 2 fully saturated rings. The zero-order valence-corrected chi connectivity index (χ0v) is 15.8. The SMILES string of the molecule is COC1CCN(C(=O)C2CCCN(S(=O)(=O)c3ccc(F)cc3)C2)CC1. The second kappa shape index (κ2) is 8.02. The minimum atomic E-state index is -3.71. The first-order chi connectivity index (χ1) is 12.4. The molecule has 1 aromatic rings. The molecule has 0 bridgehead atoms. The fourth-order valence-electron chi connectivity index (χ4n) is 3.69. The van der Waals surface area contributed by atoms with Gasteiger partial charge in [-0.3, -0.25) is 4.79 Å². The molecular formula is C18H25FN2O4S. The lowest BCUT2D eigenvalue weighted by Gasteiger charge is -2.37. The lowest BCUT2D eigenvalue weighted by molar-refractivity contribution is -0.139. The molecule has 2 aliphatic rings. The molecule has 0 N–H and O–H groups in total. The van der Waals surface area contributed by atoms with Gasteiger partial charge in [-0.2, -0.15) is 4.31 Å². The van der Waals surface area contributed by atoms with Crippen molar-refractivity contribution in [2.24, 2.45) is 5.92 Å². The molecule has 1 aromatic carbocycles. The number of rotatable bonds is 4. The second-order valence-electron chi connectivity index (χ2n) is 6.92. The number of sulfonamides is 1. The van der Waals surface area contributed by atoms with Crippen molar-refractivity contribution >= 4 is 15.9 Å². The summed E-state index contributed by atoms with van der Waals surface area (Å²) in [5, 5.41) is 0. The highest BCUT2D eigenvalue weighted by molar-refractivity contribution is 7.89. The van der Waals surface area contributed by atoms with Gasteiger partial charge >= 0.3 is 0 Å². The van der Waals surface area contributed by atoms with Crippen molar-refractivity contribution < 1.29 is 22.3 Å². The van der Waals surface area contributed by atoms with Crippen molar-refractivity contribution in [1.82, 2.24) is 9.21 Å². The molecule has 0 aromatic heterocycles. The van der Waals surface area contributed by atoms with Gasteiger partial charge in [0.15, 0.2) is 0 Å². The van der Waals surface area contributed by atoms with E-state index < -0.39 is 15.8 Å². The summed E-state index contributed by atoms with van der Waals surface area (Å²) in [4.78, 5) is 14.7. The molecule has 1 unspecified atom stereocenters. The summed E-state index contributed by atoms with van der Waals surface area (Å²) in [5.74, 6) is -0.772. The Labute approximate surface area is 154 Å². The van der Waals surface area contributed by atoms with Gasteiger partial charge in [0.05, 0.1) is 16.9 Å². The maximum absolute atomic E-state index is 13.1. The van der Waals surface area contributed by atoms with E-state index in [0.717, 1.165) is 25.0 Å². The molecule has 2 heterocycles. The monoisotopic (exact) mass is 384 g/mol. The van der Waals surface area contributed by atoms with Gasteiger partial charge in [-0.05, 0) is 49.9 Å². The van der Waals surface area contributed by atoms with Gasteiger partial charge in [-0.1, -0.05) is 0 Å². The quantitative estimate of drug-likeness (QED) is 0.795. The highest BCUT2D eigenvalue weighted by Crippen LogP contribution is 2.26. The van der Waals surface area contributed by atoms with Crippen LogP contribution in [-0.2, 0) is 19.6 Å². The molecule has 1 atom stereocenters. The minimum absolute atomic E-state index is 0.0264. The highest BCUT2D eigenvalue weighted by Gasteiger charge is 2.36. The van der Waals surface area contributed by atoms with Crippen LogP contribution in [0.25, 0.3) is 0 Å². The number of piperidine rings is 2. The Bertz CT molecular complexity index is 730. The van der Waals surface area contributed by atoms with Gasteiger partial charge in [0.2, 0.25) is 15.9 Å². The predicted molar refractivity (Wildman–Crippen MR) is 94.5 cm³/mol. The van der Waals surface area contributed by atoms with Gasteiger partial charge in [-0.15, -0.1) is 0 Å². The number of carbonyl (C=O) groups excluding carboxylic acids is 1. The zero-order valence-electron chi connectivity index (χ0n) is 14.9. The molecule has 0 radical (unpaired) electrons. The van der Waals surface area contributed by atoms with E-state index in [9.17, 15) is 17.6 Å². The van der Waals surface area contributed by atoms with Gasteiger partial charge in [0.1, 0.15) is 5.82 Å². The van der Waals surface area contributed by atoms with Crippen LogP contribution in [-0.4, -0.2) is 62.9 Å². The Hall–Kier alpha value is -1.51. The van der Waals surface area contributed by atoms with Crippen molar-refractivity contribution in [3.8, 4) is 0 Å². The summed E-state index contributed by atoms with van der Waals surface area (Å²) < 4.78 is 45.3. The van der Waals surface area contributed by atoms with Crippen LogP contribution >= 0.6 is 0 Å². The summed E-state index contributed by atoms with van der Waals surface area (Å²) in [6.45, 7) is 1.87. The number of methoxy groups -OCH3 is 1. The first-order valence-electron chi connectivity index (χ1n) is 8.99. The van der Waals surface area contributed by atoms with E-state index in [1.54, 1.807) is 7.11 Å². The Morgan fingerprint density at radius 3 is 2.38 bits per heavy atom. The van der Waals surface area contributed by atoms with Crippen molar-refractivity contribution in [3.05, 3.63) is 30.1 Å². The number of benzene rings is 1. The minimum Gasteiger partial charge on any atom is -0.381 e. The summed E-state index contributed by atoms with van der Waals surface area (Å²) >= 11 is 0. The van der Waals surface area contributed by atoms with Gasteiger partial charge in [-0.25, -0.2) is 12.8 Å². The Balaban J connectivity index is 1.67. The van der Waals surface area contributed by atoms with E-state index in [1.165, 1.54) is 16.4 Å². The first kappa shape index (κ1) is 19.3. The molecule has 2 saturated heterocycles. The summed E-state index contributed by atoms with van der Waals surface area (Å²) in [7, 11) is -2.03. The number of amides is 1. The third-order valence-corrected chi connectivity index (χ3v) is 7.15. The molecular weight excluding hydrogens is 359 g/mol. The largest absolute Gasteiger partial charge is 0.381 e. The Morgan fingerprint density at radius 1 is 1.12 bits per heavy atom. The van der Waals surface area contributed by atoms with Gasteiger partial charge < -0.3 is 9.64 Å². The van der Waals surface area contributed by atoms with E-state index in [-0.39, 0.29) is 29.4 Å². The number of carbonyl (C=O) groups is 1. The zero-order chi connectivity index (χ0) is 18.7. The van der Waals surface area contributed by atoms with Crippen LogP contribution in [0.2, 0.25) is 0 Å². The fraction of sp³-hybridized carbons (Fsp3) is 0.611. The lowest BCUT2D eigenvalue weighted by Crippen LogP contribution is -2.49. The van der Waals surface area contributed by atoms with Gasteiger partial charge in [0.25, 0.3) is 0 Å². The van der Waals surface area contributed by atoms with Crippen LogP contribution in [0.3, 0.4) is 0 Å². The standard InChI is InChI=1S/C18H25FN2O4S/c1-25-16-8-11-20(12-9-16)18(22)14-3-2-10-21(13-14)26(23,24)17-6-4-15(19)5-7-17/h4-7,14,16H,2-3,8-13H2,1H3. The molecule has 3 rings (SSSR count). The van der Waals surface area contributed by atoms with Crippen molar-refractivity contribution in [3.63, 3.8) is 0 Å². The van der Waals surface area contributed by atoms with Crippen LogP contribution in [0.4, 0.5) is 4.39 Å². The van der Waals surface area contributed by atoms with E-state index >= 15 is 0 Å². The van der Waals surface area contributed by atoms with E-state index in [4.69, 9.17) is 4.74 Å². The summed E-state index contributed by atoms with van der Waals surface area (Å²) in [6.07, 6.45) is 3.16. The normalized spacial score (nSPS) is 23.2. The van der Waals surface area contributed by atoms with E-state index in [2.05, 4.69) is 0 Å². The second-order valence-corrected chi connectivity index (χ2v) is 8.85. The summed E-state index contributed by atoms with van der Waals surface area (Å²) in [5.41, 5.74) is 0. The predicted octanol–water partition coefficient (Wildman–Crippen LogP) is 1.86. The smallest absolute Gasteiger partial charge is 0.243 e. The van der Waals surface area contributed by atoms with Crippen LogP contribution < -0.4 is 0 Å². The van der Waals surface area contributed by atoms with E-state index in [0.29, 0.717) is 32.5 Å². The molecule has 1 amide bonds. The van der Waals surface area contributed by atoms with E-state index in [1.807, 2.05) is 4.90 Å². The maximum atomic E-state index is 13.1. The third kappa shape index (κ3) is 4.07. The molecule has 26 heavy (non-hydrogen) atoms. The number of hydrogen-bond donors (Lipinski definition) is 0. The van der Waals surface area contributed by atoms with Crippen molar-refractivity contribution in [2.75, 3.05) is 33.3 Å². The van der Waals surface area contributed by atoms with Crippen LogP contribution in [0.1, 0.15) is 25.7 Å². The molecule has 144 valence electrons. The fourth-order valence-corrected chi connectivity index (χ4v) is 5.21. The first-order valence-corrected chi connectivity index (χ1v) is 10.4. The molecule has 0 spiro atoms. The molecule has 6 nitrogen and oxygen atoms in total. The molecule has 0 aliphatic carbocycles. The Kier molecular flexibility index (Phi) is 5.94. The van der Waals surface area contributed by atoms with Crippen LogP contribution in [0.15, 0.2) is 29.2 Å². The third-order valence-electron chi connectivity index (χ3n) is 5.27. The molecule has 2 aliphatic heterocycles. The number of hydrogen-bond acceptors (Lipinski definition) is 4. The van der Waals surface area contributed by atoms with Crippen molar-refractivity contribution in [2.45, 2.75) is 36.7 Å². The number of likely N-dealkylation sites (tertiary alicyclic amines) is 1. The maximum Gasteiger partial charge on any atom is 0.243 e. The lowest BCUT2D eigenvalue weighted by atomic mass is 9.96.